The first-order valence-electron chi connectivity index (χ1n) is 7.52. The first-order valence-corrected chi connectivity index (χ1v) is 10.2. The molecule has 1 N–H and O–H groups in total. The lowest BCUT2D eigenvalue weighted by Crippen LogP contribution is -2.22. The minimum absolute atomic E-state index is 0.00449. The number of carbonyl (C=O) groups is 1. The van der Waals surface area contributed by atoms with Crippen LogP contribution in [0.3, 0.4) is 0 Å². The number of hydrogen-bond donors (Lipinski definition) is 1. The fourth-order valence-corrected chi connectivity index (χ4v) is 4.75. The van der Waals surface area contributed by atoms with Gasteiger partial charge >= 0.3 is 0 Å². The molecule has 0 bridgehead atoms. The van der Waals surface area contributed by atoms with Crippen molar-refractivity contribution in [3.8, 4) is 11.3 Å². The van der Waals surface area contributed by atoms with Crippen LogP contribution in [0.15, 0.2) is 39.4 Å². The van der Waals surface area contributed by atoms with Gasteiger partial charge in [0, 0.05) is 34.2 Å². The highest BCUT2D eigenvalue weighted by Gasteiger charge is 2.18. The molecule has 0 spiro atoms. The predicted molar refractivity (Wildman–Crippen MR) is 105 cm³/mol. The van der Waals surface area contributed by atoms with Gasteiger partial charge in [0.05, 0.1) is 15.9 Å². The number of anilines is 1. The normalized spacial score (nSPS) is 11.9. The molecule has 1 atom stereocenters. The van der Waals surface area contributed by atoms with E-state index in [0.717, 1.165) is 10.0 Å². The number of nitrogens with zero attached hydrogens (tertiary/aromatic N) is 3. The van der Waals surface area contributed by atoms with Crippen LogP contribution in [0, 0.1) is 17.0 Å². The van der Waals surface area contributed by atoms with Crippen molar-refractivity contribution in [1.29, 1.82) is 0 Å². The maximum absolute atomic E-state index is 12.3. The molecule has 0 radical (unpaired) electrons. The molecule has 0 aliphatic carbocycles. The first kappa shape index (κ1) is 18.5. The Morgan fingerprint density at radius 2 is 2.12 bits per heavy atom. The molecule has 10 heteroatoms. The van der Waals surface area contributed by atoms with Crippen molar-refractivity contribution < 1.29 is 9.72 Å². The summed E-state index contributed by atoms with van der Waals surface area (Å²) in [7, 11) is 0. The Morgan fingerprint density at radius 1 is 1.31 bits per heavy atom. The van der Waals surface area contributed by atoms with Crippen LogP contribution in [0.1, 0.15) is 12.6 Å². The second kappa shape index (κ2) is 7.94. The number of amides is 1. The second-order valence-corrected chi connectivity index (χ2v) is 8.65. The number of rotatable bonds is 6. The van der Waals surface area contributed by atoms with E-state index in [-0.39, 0.29) is 16.8 Å². The van der Waals surface area contributed by atoms with Crippen LogP contribution in [-0.4, -0.2) is 26.0 Å². The average molecular weight is 407 g/mol. The van der Waals surface area contributed by atoms with Crippen LogP contribution in [0.2, 0.25) is 0 Å². The van der Waals surface area contributed by atoms with E-state index in [2.05, 4.69) is 15.3 Å². The van der Waals surface area contributed by atoms with E-state index in [1.807, 2.05) is 19.2 Å². The number of nitrogens with one attached hydrogen (secondary N) is 1. The van der Waals surface area contributed by atoms with Gasteiger partial charge < -0.3 is 5.32 Å². The minimum atomic E-state index is -0.447. The summed E-state index contributed by atoms with van der Waals surface area (Å²) < 4.78 is 0.849. The van der Waals surface area contributed by atoms with E-state index in [4.69, 9.17) is 0 Å². The van der Waals surface area contributed by atoms with Crippen molar-refractivity contribution in [3.63, 3.8) is 0 Å². The molecule has 2 aromatic heterocycles. The Balaban J connectivity index is 1.67. The summed E-state index contributed by atoms with van der Waals surface area (Å²) in [6.45, 7) is 3.72. The fourth-order valence-electron chi connectivity index (χ4n) is 2.04. The lowest BCUT2D eigenvalue weighted by Gasteiger charge is -2.08. The monoisotopic (exact) mass is 406 g/mol. The van der Waals surface area contributed by atoms with Crippen molar-refractivity contribution in [2.24, 2.45) is 0 Å². The Hall–Kier alpha value is -2.30. The third-order valence-corrected chi connectivity index (χ3v) is 6.28. The van der Waals surface area contributed by atoms with Crippen LogP contribution >= 0.6 is 34.4 Å². The lowest BCUT2D eigenvalue weighted by atomic mass is 10.1. The van der Waals surface area contributed by atoms with Crippen LogP contribution in [0.25, 0.3) is 11.3 Å². The molecular formula is C16H14N4O3S3. The molecule has 1 aromatic carbocycles. The zero-order valence-corrected chi connectivity index (χ0v) is 16.3. The number of aryl methyl sites for hydroxylation is 1. The molecule has 0 aliphatic rings. The molecule has 134 valence electrons. The zero-order chi connectivity index (χ0) is 18.7. The van der Waals surface area contributed by atoms with Crippen LogP contribution < -0.4 is 5.32 Å². The highest BCUT2D eigenvalue weighted by Crippen LogP contribution is 2.30. The SMILES string of the molecule is Cc1csc(S[C@H](C)C(=O)Nc2nc(-c3cccc([N+](=O)[O-])c3)cs2)n1. The summed E-state index contributed by atoms with van der Waals surface area (Å²) in [6, 6.07) is 6.25. The van der Waals surface area contributed by atoms with E-state index in [0.29, 0.717) is 16.4 Å². The van der Waals surface area contributed by atoms with Gasteiger partial charge in [-0.05, 0) is 13.8 Å². The summed E-state index contributed by atoms with van der Waals surface area (Å²) >= 11 is 4.19. The largest absolute Gasteiger partial charge is 0.301 e. The molecule has 0 fully saturated rings. The summed E-state index contributed by atoms with van der Waals surface area (Å²) in [6.07, 6.45) is 0. The van der Waals surface area contributed by atoms with E-state index in [9.17, 15) is 14.9 Å². The Bertz CT molecular complexity index is 954. The molecule has 2 heterocycles. The fraction of sp³-hybridized carbons (Fsp3) is 0.188. The number of thiazole rings is 2. The van der Waals surface area contributed by atoms with E-state index < -0.39 is 4.92 Å². The molecule has 26 heavy (non-hydrogen) atoms. The first-order chi connectivity index (χ1) is 12.4. The van der Waals surface area contributed by atoms with Crippen LogP contribution in [0.4, 0.5) is 10.8 Å². The molecular weight excluding hydrogens is 392 g/mol. The van der Waals surface area contributed by atoms with Gasteiger partial charge in [0.2, 0.25) is 5.91 Å². The number of carbonyl (C=O) groups excluding carboxylic acids is 1. The number of nitro benzene ring substituents is 1. The number of non-ortho nitro benzene ring substituents is 1. The molecule has 0 saturated carbocycles. The minimum Gasteiger partial charge on any atom is -0.301 e. The van der Waals surface area contributed by atoms with Gasteiger partial charge in [0.1, 0.15) is 0 Å². The molecule has 0 saturated heterocycles. The van der Waals surface area contributed by atoms with Gasteiger partial charge in [0.25, 0.3) is 5.69 Å². The zero-order valence-electron chi connectivity index (χ0n) is 13.8. The lowest BCUT2D eigenvalue weighted by molar-refractivity contribution is -0.384. The molecule has 0 unspecified atom stereocenters. The molecule has 3 aromatic rings. The van der Waals surface area contributed by atoms with Crippen molar-refractivity contribution in [2.45, 2.75) is 23.4 Å². The summed E-state index contributed by atoms with van der Waals surface area (Å²) in [5.41, 5.74) is 2.16. The standard InChI is InChI=1S/C16H14N4O3S3/c1-9-7-25-16(17-9)26-10(2)14(21)19-15-18-13(8-24-15)11-4-3-5-12(6-11)20(22)23/h3-8,10H,1-2H3,(H,18,19,21)/t10-/m1/s1. The van der Waals surface area contributed by atoms with Crippen LogP contribution in [-0.2, 0) is 4.79 Å². The Kier molecular flexibility index (Phi) is 5.64. The highest BCUT2D eigenvalue weighted by atomic mass is 32.2. The van der Waals surface area contributed by atoms with Gasteiger partial charge in [-0.15, -0.1) is 22.7 Å². The number of hydrogen-bond acceptors (Lipinski definition) is 8. The second-order valence-electron chi connectivity index (χ2n) is 5.35. The van der Waals surface area contributed by atoms with E-state index >= 15 is 0 Å². The summed E-state index contributed by atoms with van der Waals surface area (Å²) in [4.78, 5) is 31.5. The Morgan fingerprint density at radius 3 is 2.81 bits per heavy atom. The van der Waals surface area contributed by atoms with Gasteiger partial charge in [-0.2, -0.15) is 0 Å². The van der Waals surface area contributed by atoms with E-state index in [1.165, 1.54) is 46.6 Å². The Labute approximate surface area is 161 Å². The maximum atomic E-state index is 12.3. The number of benzene rings is 1. The highest BCUT2D eigenvalue weighted by molar-refractivity contribution is 8.02. The van der Waals surface area contributed by atoms with E-state index in [1.54, 1.807) is 17.5 Å². The predicted octanol–water partition coefficient (Wildman–Crippen LogP) is 4.60. The molecule has 0 aliphatic heterocycles. The van der Waals surface area contributed by atoms with Crippen molar-refractivity contribution in [1.82, 2.24) is 9.97 Å². The topological polar surface area (TPSA) is 98.0 Å². The third kappa shape index (κ3) is 4.45. The van der Waals surface area contributed by atoms with Crippen LogP contribution in [0.5, 0.6) is 0 Å². The molecule has 3 rings (SSSR count). The quantitative estimate of drug-likeness (QED) is 0.365. The van der Waals surface area contributed by atoms with Crippen molar-refractivity contribution >= 4 is 51.2 Å². The van der Waals surface area contributed by atoms with Gasteiger partial charge in [-0.3, -0.25) is 14.9 Å². The van der Waals surface area contributed by atoms with Gasteiger partial charge in [0.15, 0.2) is 9.47 Å². The molecule has 7 nitrogen and oxygen atoms in total. The summed E-state index contributed by atoms with van der Waals surface area (Å²) in [5, 5.41) is 17.5. The number of thioether (sulfide) groups is 1. The molecule has 1 amide bonds. The maximum Gasteiger partial charge on any atom is 0.270 e. The smallest absolute Gasteiger partial charge is 0.270 e. The summed E-state index contributed by atoms with van der Waals surface area (Å²) in [5.74, 6) is -0.164. The van der Waals surface area contributed by atoms with Crippen molar-refractivity contribution in [3.05, 3.63) is 50.8 Å². The number of nitro groups is 1. The van der Waals surface area contributed by atoms with Gasteiger partial charge in [-0.25, -0.2) is 9.97 Å². The van der Waals surface area contributed by atoms with Gasteiger partial charge in [-0.1, -0.05) is 23.9 Å². The number of aromatic nitrogens is 2. The third-order valence-electron chi connectivity index (χ3n) is 3.33. The van der Waals surface area contributed by atoms with Crippen molar-refractivity contribution in [2.75, 3.05) is 5.32 Å². The average Bonchev–Trinajstić information content (AvgIpc) is 3.24.